The molecule has 0 aliphatic rings. The first-order valence-electron chi connectivity index (χ1n) is 9.11. The van der Waals surface area contributed by atoms with Crippen molar-refractivity contribution in [3.05, 3.63) is 96.1 Å². The average Bonchev–Trinajstić information content (AvgIpc) is 3.24. The van der Waals surface area contributed by atoms with Crippen molar-refractivity contribution < 1.29 is 0 Å². The van der Waals surface area contributed by atoms with Crippen molar-refractivity contribution in [1.82, 2.24) is 9.97 Å². The number of benzene rings is 3. The number of allylic oxidation sites excluding steroid dienone is 1. The number of aromatic amines is 1. The molecule has 0 fully saturated rings. The first-order valence-corrected chi connectivity index (χ1v) is 9.11. The molecule has 0 amide bonds. The van der Waals surface area contributed by atoms with E-state index in [1.54, 1.807) is 6.08 Å². The lowest BCUT2D eigenvalue weighted by Gasteiger charge is -2.02. The summed E-state index contributed by atoms with van der Waals surface area (Å²) in [7, 11) is 0. The maximum Gasteiger partial charge on any atom is 0.138 e. The molecule has 0 radical (unpaired) electrons. The highest BCUT2D eigenvalue weighted by atomic mass is 14.9. The molecule has 4 nitrogen and oxygen atoms in total. The molecule has 1 N–H and O–H groups in total. The van der Waals surface area contributed by atoms with Gasteiger partial charge in [-0.05, 0) is 11.6 Å². The van der Waals surface area contributed by atoms with Gasteiger partial charge in [-0.3, -0.25) is 0 Å². The molecule has 1 aromatic heterocycles. The van der Waals surface area contributed by atoms with E-state index in [0.29, 0.717) is 0 Å². The highest BCUT2D eigenvalue weighted by Gasteiger charge is 2.14. The van der Waals surface area contributed by atoms with E-state index in [1.165, 1.54) is 0 Å². The van der Waals surface area contributed by atoms with Gasteiger partial charge in [0.05, 0.1) is 11.4 Å². The van der Waals surface area contributed by atoms with E-state index in [1.807, 2.05) is 84.9 Å². The molecule has 0 aliphatic carbocycles. The predicted octanol–water partition coefficient (Wildman–Crippen LogP) is 5.84. The molecule has 29 heavy (non-hydrogen) atoms. The summed E-state index contributed by atoms with van der Waals surface area (Å²) in [5.74, 6) is 0.763. The molecule has 136 valence electrons. The highest BCUT2D eigenvalue weighted by molar-refractivity contribution is 5.81. The second-order valence-corrected chi connectivity index (χ2v) is 6.44. The fourth-order valence-corrected chi connectivity index (χ4v) is 3.12. The van der Waals surface area contributed by atoms with Crippen LogP contribution in [0, 0.1) is 22.7 Å². The number of hydrogen-bond donors (Lipinski definition) is 1. The van der Waals surface area contributed by atoms with Crippen LogP contribution >= 0.6 is 0 Å². The fraction of sp³-hybridized carbons (Fsp3) is 0. The quantitative estimate of drug-likeness (QED) is 0.457. The SMILES string of the molecule is N#CC(C#N)=Cc1ccc(-c2nc(-c3ccccc3)c(-c3ccccc3)[nH]2)cc1. The summed E-state index contributed by atoms with van der Waals surface area (Å²) in [6.45, 7) is 0. The van der Waals surface area contributed by atoms with Gasteiger partial charge in [0.2, 0.25) is 0 Å². The minimum absolute atomic E-state index is 0.0773. The van der Waals surface area contributed by atoms with E-state index in [-0.39, 0.29) is 5.57 Å². The molecular weight excluding hydrogens is 356 g/mol. The molecule has 0 saturated heterocycles. The number of nitrogens with zero attached hydrogens (tertiary/aromatic N) is 3. The molecule has 1 heterocycles. The van der Waals surface area contributed by atoms with Crippen LogP contribution in [0.25, 0.3) is 40.0 Å². The molecule has 3 aromatic carbocycles. The van der Waals surface area contributed by atoms with E-state index in [0.717, 1.165) is 39.5 Å². The normalized spacial score (nSPS) is 10.0. The Balaban J connectivity index is 1.78. The third-order valence-electron chi connectivity index (χ3n) is 4.55. The van der Waals surface area contributed by atoms with Crippen LogP contribution in [0.3, 0.4) is 0 Å². The van der Waals surface area contributed by atoms with Crippen molar-refractivity contribution in [2.75, 3.05) is 0 Å². The average molecular weight is 372 g/mol. The Morgan fingerprint density at radius 3 is 1.90 bits per heavy atom. The third-order valence-corrected chi connectivity index (χ3v) is 4.55. The summed E-state index contributed by atoms with van der Waals surface area (Å²) in [5, 5.41) is 17.8. The van der Waals surface area contributed by atoms with E-state index in [2.05, 4.69) is 17.1 Å². The van der Waals surface area contributed by atoms with Crippen LogP contribution in [-0.4, -0.2) is 9.97 Å². The van der Waals surface area contributed by atoms with Gasteiger partial charge in [0.1, 0.15) is 23.5 Å². The van der Waals surface area contributed by atoms with Crippen LogP contribution in [0.2, 0.25) is 0 Å². The highest BCUT2D eigenvalue weighted by Crippen LogP contribution is 2.32. The Hall–Kier alpha value is -4.41. The summed E-state index contributed by atoms with van der Waals surface area (Å²) in [4.78, 5) is 8.34. The molecule has 0 bridgehead atoms. The largest absolute Gasteiger partial charge is 0.337 e. The molecule has 0 aliphatic heterocycles. The third kappa shape index (κ3) is 3.83. The first kappa shape index (κ1) is 18.0. The summed E-state index contributed by atoms with van der Waals surface area (Å²) >= 11 is 0. The van der Waals surface area contributed by atoms with Gasteiger partial charge >= 0.3 is 0 Å². The Bertz CT molecular complexity index is 1160. The van der Waals surface area contributed by atoms with Gasteiger partial charge in [0, 0.05) is 16.7 Å². The van der Waals surface area contributed by atoms with Crippen LogP contribution in [0.15, 0.2) is 90.5 Å². The summed E-state index contributed by atoms with van der Waals surface area (Å²) in [6, 6.07) is 31.6. The molecule has 0 spiro atoms. The lowest BCUT2D eigenvalue weighted by Crippen LogP contribution is -1.82. The van der Waals surface area contributed by atoms with Gasteiger partial charge in [-0.1, -0.05) is 84.9 Å². The Labute approximate surface area is 169 Å². The zero-order valence-corrected chi connectivity index (χ0v) is 15.5. The second-order valence-electron chi connectivity index (χ2n) is 6.44. The van der Waals surface area contributed by atoms with Crippen molar-refractivity contribution in [3.63, 3.8) is 0 Å². The van der Waals surface area contributed by atoms with Gasteiger partial charge in [-0.15, -0.1) is 0 Å². The van der Waals surface area contributed by atoms with E-state index in [9.17, 15) is 0 Å². The van der Waals surface area contributed by atoms with Crippen LogP contribution < -0.4 is 0 Å². The minimum Gasteiger partial charge on any atom is -0.337 e. The van der Waals surface area contributed by atoms with Crippen LogP contribution in [0.4, 0.5) is 0 Å². The zero-order chi connectivity index (χ0) is 20.1. The predicted molar refractivity (Wildman–Crippen MR) is 114 cm³/mol. The fourth-order valence-electron chi connectivity index (χ4n) is 3.12. The van der Waals surface area contributed by atoms with Gasteiger partial charge in [0.25, 0.3) is 0 Å². The number of H-pyrrole nitrogens is 1. The lowest BCUT2D eigenvalue weighted by molar-refractivity contribution is 1.31. The maximum atomic E-state index is 8.91. The Morgan fingerprint density at radius 2 is 1.31 bits per heavy atom. The van der Waals surface area contributed by atoms with Gasteiger partial charge < -0.3 is 4.98 Å². The molecule has 4 rings (SSSR count). The number of nitriles is 2. The molecule has 0 saturated carbocycles. The Morgan fingerprint density at radius 1 is 0.724 bits per heavy atom. The van der Waals surface area contributed by atoms with Gasteiger partial charge in [-0.25, -0.2) is 4.98 Å². The Kier molecular flexibility index (Phi) is 5.01. The lowest BCUT2D eigenvalue weighted by atomic mass is 10.1. The van der Waals surface area contributed by atoms with Gasteiger partial charge in [-0.2, -0.15) is 10.5 Å². The standard InChI is InChI=1S/C25H16N4/c26-16-19(17-27)15-18-11-13-22(14-12-18)25-28-23(20-7-3-1-4-8-20)24(29-25)21-9-5-2-6-10-21/h1-15H,(H,28,29). The van der Waals surface area contributed by atoms with Crippen LogP contribution in [0.1, 0.15) is 5.56 Å². The van der Waals surface area contributed by atoms with Crippen molar-refractivity contribution >= 4 is 6.08 Å². The topological polar surface area (TPSA) is 76.3 Å². The van der Waals surface area contributed by atoms with Gasteiger partial charge in [0.15, 0.2) is 0 Å². The molecule has 0 unspecified atom stereocenters. The second kappa shape index (κ2) is 8.08. The zero-order valence-electron chi connectivity index (χ0n) is 15.5. The van der Waals surface area contributed by atoms with E-state index >= 15 is 0 Å². The molecule has 4 aromatic rings. The molecule has 0 atom stereocenters. The van der Waals surface area contributed by atoms with Crippen molar-refractivity contribution in [2.45, 2.75) is 0 Å². The molecule has 4 heteroatoms. The summed E-state index contributed by atoms with van der Waals surface area (Å²) in [6.07, 6.45) is 1.57. The maximum absolute atomic E-state index is 8.91. The summed E-state index contributed by atoms with van der Waals surface area (Å²) < 4.78 is 0. The molecular formula is C25H16N4. The van der Waals surface area contributed by atoms with Crippen molar-refractivity contribution in [1.29, 1.82) is 10.5 Å². The summed E-state index contributed by atoms with van der Waals surface area (Å²) in [5.41, 5.74) is 5.77. The number of rotatable bonds is 4. The van der Waals surface area contributed by atoms with E-state index in [4.69, 9.17) is 15.5 Å². The minimum atomic E-state index is 0.0773. The number of imidazole rings is 1. The number of hydrogen-bond acceptors (Lipinski definition) is 3. The smallest absolute Gasteiger partial charge is 0.138 e. The van der Waals surface area contributed by atoms with Crippen molar-refractivity contribution in [2.24, 2.45) is 0 Å². The first-order chi connectivity index (χ1) is 14.3. The van der Waals surface area contributed by atoms with E-state index < -0.39 is 0 Å². The van der Waals surface area contributed by atoms with Crippen molar-refractivity contribution in [3.8, 4) is 46.0 Å². The van der Waals surface area contributed by atoms with Crippen LogP contribution in [-0.2, 0) is 0 Å². The number of aromatic nitrogens is 2. The monoisotopic (exact) mass is 372 g/mol. The van der Waals surface area contributed by atoms with Crippen LogP contribution in [0.5, 0.6) is 0 Å². The number of nitrogens with one attached hydrogen (secondary N) is 1.